The Bertz CT molecular complexity index is 2360. The standard InChI is InChI=1S/C42H36N6/c1-42(2,3)29-21-22-44-41(23-29)48-37-16-10-9-15-35(37)36-20-19-32(27-40(36)48)47(31-13-7-6-8-14-31)34-25-30(43-4)24-33(26-34)46-28-45(5)38-17-11-12-18-39(38)46/h6-27H,28H2,1-3,5H3. The predicted octanol–water partition coefficient (Wildman–Crippen LogP) is 11.0. The zero-order valence-electron chi connectivity index (χ0n) is 27.6. The van der Waals surface area contributed by atoms with E-state index in [0.29, 0.717) is 12.4 Å². The van der Waals surface area contributed by atoms with Crippen molar-refractivity contribution in [3.63, 3.8) is 0 Å². The molecule has 0 spiro atoms. The van der Waals surface area contributed by atoms with Crippen molar-refractivity contribution in [2.24, 2.45) is 0 Å². The number of rotatable bonds is 5. The Morgan fingerprint density at radius 2 is 1.42 bits per heavy atom. The molecule has 6 heteroatoms. The van der Waals surface area contributed by atoms with Gasteiger partial charge in [-0.1, -0.05) is 75.4 Å². The van der Waals surface area contributed by atoms with Crippen LogP contribution in [0.3, 0.4) is 0 Å². The van der Waals surface area contributed by atoms with E-state index in [1.165, 1.54) is 16.6 Å². The lowest BCUT2D eigenvalue weighted by Crippen LogP contribution is -2.24. The lowest BCUT2D eigenvalue weighted by molar-refractivity contribution is 0.588. The number of hydrogen-bond donors (Lipinski definition) is 0. The Morgan fingerprint density at radius 1 is 0.688 bits per heavy atom. The molecule has 7 aromatic rings. The fourth-order valence-corrected chi connectivity index (χ4v) is 6.91. The van der Waals surface area contributed by atoms with Crippen LogP contribution in [0.15, 0.2) is 134 Å². The molecular weight excluding hydrogens is 589 g/mol. The molecule has 0 radical (unpaired) electrons. The summed E-state index contributed by atoms with van der Waals surface area (Å²) in [5.74, 6) is 0.895. The van der Waals surface area contributed by atoms with Crippen molar-refractivity contribution in [1.29, 1.82) is 0 Å². The van der Waals surface area contributed by atoms with Crippen molar-refractivity contribution in [1.82, 2.24) is 9.55 Å². The van der Waals surface area contributed by atoms with E-state index in [2.05, 4.69) is 161 Å². The number of hydrogen-bond acceptors (Lipinski definition) is 4. The molecule has 0 bridgehead atoms. The Hall–Kier alpha value is -6.06. The Kier molecular flexibility index (Phi) is 6.92. The second-order valence-electron chi connectivity index (χ2n) is 13.5. The largest absolute Gasteiger partial charge is 0.355 e. The predicted molar refractivity (Wildman–Crippen MR) is 200 cm³/mol. The van der Waals surface area contributed by atoms with E-state index in [4.69, 9.17) is 11.6 Å². The molecule has 48 heavy (non-hydrogen) atoms. The van der Waals surface area contributed by atoms with Crippen molar-refractivity contribution in [3.05, 3.63) is 151 Å². The molecular formula is C42H36N6. The summed E-state index contributed by atoms with van der Waals surface area (Å²) < 4.78 is 2.28. The highest BCUT2D eigenvalue weighted by Crippen LogP contribution is 2.45. The molecule has 5 aromatic carbocycles. The number of pyridine rings is 1. The molecule has 234 valence electrons. The van der Waals surface area contributed by atoms with Gasteiger partial charge in [-0.3, -0.25) is 4.57 Å². The Balaban J connectivity index is 1.35. The lowest BCUT2D eigenvalue weighted by atomic mass is 9.88. The normalized spacial score (nSPS) is 12.8. The van der Waals surface area contributed by atoms with Gasteiger partial charge in [0, 0.05) is 46.8 Å². The minimum absolute atomic E-state index is 0.0119. The Morgan fingerprint density at radius 3 is 2.21 bits per heavy atom. The van der Waals surface area contributed by atoms with E-state index >= 15 is 0 Å². The first-order chi connectivity index (χ1) is 23.3. The fourth-order valence-electron chi connectivity index (χ4n) is 6.91. The van der Waals surface area contributed by atoms with Crippen LogP contribution in [0.5, 0.6) is 0 Å². The van der Waals surface area contributed by atoms with Crippen LogP contribution in [0.1, 0.15) is 26.3 Å². The van der Waals surface area contributed by atoms with Crippen molar-refractivity contribution in [2.45, 2.75) is 26.2 Å². The number of fused-ring (bicyclic) bond motifs is 4. The van der Waals surface area contributed by atoms with Crippen LogP contribution >= 0.6 is 0 Å². The molecule has 3 heterocycles. The van der Waals surface area contributed by atoms with Crippen LogP contribution in [0, 0.1) is 6.57 Å². The van der Waals surface area contributed by atoms with Crippen LogP contribution in [0.4, 0.5) is 39.8 Å². The van der Waals surface area contributed by atoms with Gasteiger partial charge in [-0.2, -0.15) is 0 Å². The van der Waals surface area contributed by atoms with Gasteiger partial charge in [0.2, 0.25) is 0 Å². The SMILES string of the molecule is [C-]#[N+]c1cc(N2CN(C)c3ccccc32)cc(N(c2ccccc2)c2ccc3c4ccccc4n(-c4cc(C(C)(C)C)ccn4)c3c2)c1. The number of anilines is 6. The highest BCUT2D eigenvalue weighted by atomic mass is 15.4. The van der Waals surface area contributed by atoms with Gasteiger partial charge in [-0.05, 0) is 83.8 Å². The zero-order chi connectivity index (χ0) is 33.0. The quantitative estimate of drug-likeness (QED) is 0.178. The van der Waals surface area contributed by atoms with Gasteiger partial charge in [0.15, 0.2) is 5.69 Å². The maximum absolute atomic E-state index is 8.06. The molecule has 0 N–H and O–H groups in total. The number of benzene rings is 5. The van der Waals surface area contributed by atoms with E-state index in [9.17, 15) is 0 Å². The van der Waals surface area contributed by atoms with Gasteiger partial charge in [0.25, 0.3) is 0 Å². The summed E-state index contributed by atoms with van der Waals surface area (Å²) in [6, 6.07) is 44.6. The van der Waals surface area contributed by atoms with E-state index < -0.39 is 0 Å². The first-order valence-corrected chi connectivity index (χ1v) is 16.3. The van der Waals surface area contributed by atoms with Gasteiger partial charge in [0.1, 0.15) is 5.82 Å². The minimum atomic E-state index is -0.0119. The number of nitrogens with zero attached hydrogens (tertiary/aromatic N) is 6. The third kappa shape index (κ3) is 4.92. The summed E-state index contributed by atoms with van der Waals surface area (Å²) in [5.41, 5.74) is 10.2. The smallest absolute Gasteiger partial charge is 0.191 e. The van der Waals surface area contributed by atoms with Gasteiger partial charge in [0.05, 0.1) is 35.6 Å². The van der Waals surface area contributed by atoms with Gasteiger partial charge in [-0.25, -0.2) is 9.83 Å². The van der Waals surface area contributed by atoms with E-state index in [-0.39, 0.29) is 5.41 Å². The monoisotopic (exact) mass is 624 g/mol. The minimum Gasteiger partial charge on any atom is -0.355 e. The third-order valence-corrected chi connectivity index (χ3v) is 9.29. The van der Waals surface area contributed by atoms with Gasteiger partial charge >= 0.3 is 0 Å². The molecule has 2 aromatic heterocycles. The summed E-state index contributed by atoms with van der Waals surface area (Å²) in [7, 11) is 2.11. The van der Waals surface area contributed by atoms with Crippen molar-refractivity contribution in [2.75, 3.05) is 28.4 Å². The first-order valence-electron chi connectivity index (χ1n) is 16.3. The van der Waals surface area contributed by atoms with Crippen LogP contribution in [-0.4, -0.2) is 23.3 Å². The zero-order valence-corrected chi connectivity index (χ0v) is 27.6. The van der Waals surface area contributed by atoms with Crippen molar-refractivity contribution >= 4 is 61.6 Å². The highest BCUT2D eigenvalue weighted by Gasteiger charge is 2.26. The van der Waals surface area contributed by atoms with Gasteiger partial charge in [-0.15, -0.1) is 0 Å². The Labute approximate surface area is 281 Å². The maximum Gasteiger partial charge on any atom is 0.191 e. The van der Waals surface area contributed by atoms with E-state index in [0.717, 1.165) is 50.7 Å². The van der Waals surface area contributed by atoms with Crippen LogP contribution in [-0.2, 0) is 5.41 Å². The number of para-hydroxylation sites is 4. The molecule has 1 aliphatic heterocycles. The average Bonchev–Trinajstić information content (AvgIpc) is 3.63. The van der Waals surface area contributed by atoms with Gasteiger partial charge < -0.3 is 14.7 Å². The molecule has 8 rings (SSSR count). The number of aromatic nitrogens is 2. The summed E-state index contributed by atoms with van der Waals surface area (Å²) in [6.45, 7) is 15.5. The summed E-state index contributed by atoms with van der Waals surface area (Å²) >= 11 is 0. The molecule has 0 saturated carbocycles. The lowest BCUT2D eigenvalue weighted by Gasteiger charge is -2.28. The van der Waals surface area contributed by atoms with Crippen molar-refractivity contribution in [3.8, 4) is 5.82 Å². The first kappa shape index (κ1) is 29.3. The van der Waals surface area contributed by atoms with E-state index in [1.54, 1.807) is 0 Å². The third-order valence-electron chi connectivity index (χ3n) is 9.29. The second kappa shape index (κ2) is 11.3. The summed E-state index contributed by atoms with van der Waals surface area (Å²) in [5, 5.41) is 2.35. The molecule has 6 nitrogen and oxygen atoms in total. The highest BCUT2D eigenvalue weighted by molar-refractivity contribution is 6.10. The topological polar surface area (TPSA) is 31.9 Å². The van der Waals surface area contributed by atoms with E-state index in [1.807, 2.05) is 24.4 Å². The molecule has 0 unspecified atom stereocenters. The summed E-state index contributed by atoms with van der Waals surface area (Å²) in [4.78, 5) is 15.6. The van der Waals surface area contributed by atoms with Crippen LogP contribution < -0.4 is 14.7 Å². The molecule has 1 aliphatic rings. The van der Waals surface area contributed by atoms with Crippen LogP contribution in [0.25, 0.3) is 32.5 Å². The second-order valence-corrected chi connectivity index (χ2v) is 13.5. The van der Waals surface area contributed by atoms with Crippen molar-refractivity contribution < 1.29 is 0 Å². The molecule has 0 atom stereocenters. The maximum atomic E-state index is 8.06. The molecule has 0 saturated heterocycles. The molecule has 0 fully saturated rings. The molecule has 0 amide bonds. The van der Waals surface area contributed by atoms with Crippen LogP contribution in [0.2, 0.25) is 0 Å². The molecule has 0 aliphatic carbocycles. The average molecular weight is 625 g/mol. The summed E-state index contributed by atoms with van der Waals surface area (Å²) in [6.07, 6.45) is 1.92. The fraction of sp³-hybridized carbons (Fsp3) is 0.143.